The molecule has 0 fully saturated rings. The number of nitrogens with one attached hydrogen (secondary N) is 1. The van der Waals surface area contributed by atoms with Gasteiger partial charge in [-0.2, -0.15) is 0 Å². The maximum absolute atomic E-state index is 11.3. The van der Waals surface area contributed by atoms with E-state index in [2.05, 4.69) is 21.2 Å². The van der Waals surface area contributed by atoms with Gasteiger partial charge in [-0.25, -0.2) is 0 Å². The molecule has 6 heteroatoms. The zero-order chi connectivity index (χ0) is 18.1. The third kappa shape index (κ3) is 6.69. The van der Waals surface area contributed by atoms with Gasteiger partial charge in [-0.1, -0.05) is 20.8 Å². The Balaban J connectivity index is 2.89. The van der Waals surface area contributed by atoms with E-state index >= 15 is 0 Å². The molecule has 1 aromatic carbocycles. The van der Waals surface area contributed by atoms with E-state index < -0.39 is 12.0 Å². The Labute approximate surface area is 152 Å². The Hall–Kier alpha value is -1.27. The van der Waals surface area contributed by atoms with Crippen LogP contribution in [0.3, 0.4) is 0 Å². The average Bonchev–Trinajstić information content (AvgIpc) is 2.50. The highest BCUT2D eigenvalue weighted by atomic mass is 79.9. The van der Waals surface area contributed by atoms with Crippen LogP contribution in [0.1, 0.15) is 46.1 Å². The summed E-state index contributed by atoms with van der Waals surface area (Å²) < 4.78 is 12.2. The highest BCUT2D eigenvalue weighted by molar-refractivity contribution is 9.10. The van der Waals surface area contributed by atoms with Gasteiger partial charge >= 0.3 is 5.97 Å². The van der Waals surface area contributed by atoms with Gasteiger partial charge in [0.15, 0.2) is 11.5 Å². The standard InChI is InChI=1S/C18H28BrNO4/c1-5-7-24-17-14(19)9-13(10-16(17)23-6-2)11-20-15(18(21)22)8-12(3)4/h9-10,12,15,20H,5-8,11H2,1-4H3,(H,21,22). The maximum atomic E-state index is 11.3. The van der Waals surface area contributed by atoms with Crippen LogP contribution in [0, 0.1) is 5.92 Å². The van der Waals surface area contributed by atoms with Crippen molar-refractivity contribution in [2.45, 2.75) is 53.1 Å². The van der Waals surface area contributed by atoms with Crippen LogP contribution in [0.25, 0.3) is 0 Å². The van der Waals surface area contributed by atoms with Gasteiger partial charge in [-0.15, -0.1) is 0 Å². The molecule has 0 aliphatic heterocycles. The number of carboxylic acids is 1. The van der Waals surface area contributed by atoms with Crippen LogP contribution in [-0.4, -0.2) is 30.3 Å². The van der Waals surface area contributed by atoms with Crippen molar-refractivity contribution in [3.8, 4) is 11.5 Å². The zero-order valence-electron chi connectivity index (χ0n) is 14.9. The van der Waals surface area contributed by atoms with Crippen molar-refractivity contribution in [3.05, 3.63) is 22.2 Å². The molecule has 0 bridgehead atoms. The first kappa shape index (κ1) is 20.8. The van der Waals surface area contributed by atoms with E-state index in [1.54, 1.807) is 0 Å². The molecule has 1 unspecified atom stereocenters. The van der Waals surface area contributed by atoms with Crippen LogP contribution in [0.2, 0.25) is 0 Å². The van der Waals surface area contributed by atoms with Crippen molar-refractivity contribution in [1.29, 1.82) is 0 Å². The van der Waals surface area contributed by atoms with Gasteiger partial charge in [0.2, 0.25) is 0 Å². The van der Waals surface area contributed by atoms with Crippen molar-refractivity contribution in [1.82, 2.24) is 5.32 Å². The molecule has 1 aromatic rings. The monoisotopic (exact) mass is 401 g/mol. The fourth-order valence-corrected chi connectivity index (χ4v) is 2.92. The molecule has 0 saturated heterocycles. The van der Waals surface area contributed by atoms with E-state index in [-0.39, 0.29) is 0 Å². The molecule has 0 saturated carbocycles. The summed E-state index contributed by atoms with van der Waals surface area (Å²) in [4.78, 5) is 11.3. The first-order valence-electron chi connectivity index (χ1n) is 8.43. The van der Waals surface area contributed by atoms with Crippen LogP contribution in [0.5, 0.6) is 11.5 Å². The predicted octanol–water partition coefficient (Wildman–Crippen LogP) is 4.23. The molecule has 0 spiro atoms. The van der Waals surface area contributed by atoms with Crippen LogP contribution >= 0.6 is 15.9 Å². The van der Waals surface area contributed by atoms with E-state index in [0.717, 1.165) is 16.5 Å². The number of hydrogen-bond acceptors (Lipinski definition) is 4. The SMILES string of the molecule is CCCOc1c(Br)cc(CNC(CC(C)C)C(=O)O)cc1OCC. The summed E-state index contributed by atoms with van der Waals surface area (Å²) in [5.41, 5.74) is 0.948. The van der Waals surface area contributed by atoms with Crippen molar-refractivity contribution >= 4 is 21.9 Å². The van der Waals surface area contributed by atoms with Crippen LogP contribution in [0.4, 0.5) is 0 Å². The van der Waals surface area contributed by atoms with Crippen molar-refractivity contribution in [2.75, 3.05) is 13.2 Å². The molecule has 0 aliphatic carbocycles. The smallest absolute Gasteiger partial charge is 0.320 e. The lowest BCUT2D eigenvalue weighted by atomic mass is 10.0. The second-order valence-corrected chi connectivity index (χ2v) is 6.94. The molecule has 1 rings (SSSR count). The van der Waals surface area contributed by atoms with E-state index in [1.165, 1.54) is 0 Å². The lowest BCUT2D eigenvalue weighted by molar-refractivity contribution is -0.140. The molecule has 24 heavy (non-hydrogen) atoms. The summed E-state index contributed by atoms with van der Waals surface area (Å²) >= 11 is 3.53. The first-order valence-corrected chi connectivity index (χ1v) is 9.22. The minimum absolute atomic E-state index is 0.314. The topological polar surface area (TPSA) is 67.8 Å². The second-order valence-electron chi connectivity index (χ2n) is 6.09. The quantitative estimate of drug-likeness (QED) is 0.580. The largest absolute Gasteiger partial charge is 0.490 e. The van der Waals surface area contributed by atoms with Crippen molar-refractivity contribution in [2.24, 2.45) is 5.92 Å². The van der Waals surface area contributed by atoms with Gasteiger partial charge in [0.25, 0.3) is 0 Å². The number of benzene rings is 1. The van der Waals surface area contributed by atoms with Crippen LogP contribution in [-0.2, 0) is 11.3 Å². The number of aliphatic carboxylic acids is 1. The Morgan fingerprint density at radius 1 is 1.29 bits per heavy atom. The number of hydrogen-bond donors (Lipinski definition) is 2. The molecule has 136 valence electrons. The first-order chi connectivity index (χ1) is 11.4. The molecule has 0 heterocycles. The Kier molecular flexibility index (Phi) is 9.14. The Morgan fingerprint density at radius 3 is 2.54 bits per heavy atom. The molecular weight excluding hydrogens is 374 g/mol. The average molecular weight is 402 g/mol. The number of carboxylic acid groups (broad SMARTS) is 1. The molecule has 0 amide bonds. The summed E-state index contributed by atoms with van der Waals surface area (Å²) in [5, 5.41) is 12.4. The molecule has 2 N–H and O–H groups in total. The Bertz CT molecular complexity index is 534. The van der Waals surface area contributed by atoms with Gasteiger partial charge in [0.1, 0.15) is 6.04 Å². The molecule has 0 aliphatic rings. The normalized spacial score (nSPS) is 12.2. The summed E-state index contributed by atoms with van der Waals surface area (Å²) in [5.74, 6) is 0.858. The lowest BCUT2D eigenvalue weighted by Gasteiger charge is -2.18. The molecule has 1 atom stereocenters. The minimum atomic E-state index is -0.823. The summed E-state index contributed by atoms with van der Waals surface area (Å²) in [6, 6.07) is 3.28. The Morgan fingerprint density at radius 2 is 2.00 bits per heavy atom. The van der Waals surface area contributed by atoms with Gasteiger partial charge in [-0.05, 0) is 59.3 Å². The maximum Gasteiger partial charge on any atom is 0.320 e. The number of ether oxygens (including phenoxy) is 2. The number of carbonyl (C=O) groups is 1. The summed E-state index contributed by atoms with van der Waals surface area (Å²) in [6.45, 7) is 9.61. The third-order valence-electron chi connectivity index (χ3n) is 3.38. The van der Waals surface area contributed by atoms with Crippen molar-refractivity contribution in [3.63, 3.8) is 0 Å². The van der Waals surface area contributed by atoms with Gasteiger partial charge in [0, 0.05) is 6.54 Å². The van der Waals surface area contributed by atoms with Crippen molar-refractivity contribution < 1.29 is 19.4 Å². The fourth-order valence-electron chi connectivity index (χ4n) is 2.31. The highest BCUT2D eigenvalue weighted by Crippen LogP contribution is 2.37. The van der Waals surface area contributed by atoms with Gasteiger partial charge in [0.05, 0.1) is 17.7 Å². The molecule has 0 aromatic heterocycles. The van der Waals surface area contributed by atoms with Gasteiger partial charge < -0.3 is 19.9 Å². The fraction of sp³-hybridized carbons (Fsp3) is 0.611. The number of halogens is 1. The summed E-state index contributed by atoms with van der Waals surface area (Å²) in [7, 11) is 0. The lowest BCUT2D eigenvalue weighted by Crippen LogP contribution is -2.37. The second kappa shape index (κ2) is 10.6. The van der Waals surface area contributed by atoms with E-state index in [4.69, 9.17) is 9.47 Å². The number of rotatable bonds is 11. The van der Waals surface area contributed by atoms with E-state index in [0.29, 0.717) is 43.6 Å². The zero-order valence-corrected chi connectivity index (χ0v) is 16.5. The van der Waals surface area contributed by atoms with Crippen LogP contribution < -0.4 is 14.8 Å². The third-order valence-corrected chi connectivity index (χ3v) is 3.97. The predicted molar refractivity (Wildman–Crippen MR) is 98.8 cm³/mol. The molecule has 0 radical (unpaired) electrons. The minimum Gasteiger partial charge on any atom is -0.490 e. The summed E-state index contributed by atoms with van der Waals surface area (Å²) in [6.07, 6.45) is 1.50. The van der Waals surface area contributed by atoms with E-state index in [9.17, 15) is 9.90 Å². The molecular formula is C18H28BrNO4. The van der Waals surface area contributed by atoms with E-state index in [1.807, 2.05) is 39.8 Å². The van der Waals surface area contributed by atoms with Gasteiger partial charge in [-0.3, -0.25) is 4.79 Å². The highest BCUT2D eigenvalue weighted by Gasteiger charge is 2.19. The molecule has 5 nitrogen and oxygen atoms in total. The van der Waals surface area contributed by atoms with Crippen LogP contribution in [0.15, 0.2) is 16.6 Å².